The summed E-state index contributed by atoms with van der Waals surface area (Å²) in [5.74, 6) is -1.18. The molecule has 1 aliphatic heterocycles. The molecule has 10 heteroatoms. The zero-order chi connectivity index (χ0) is 20.3. The van der Waals surface area contributed by atoms with Crippen molar-refractivity contribution in [1.29, 1.82) is 0 Å². The van der Waals surface area contributed by atoms with Crippen LogP contribution < -0.4 is 4.74 Å². The molecule has 1 aliphatic rings. The molecular weight excluding hydrogens is 382 g/mol. The summed E-state index contributed by atoms with van der Waals surface area (Å²) in [4.78, 5) is 17.0. The number of carbonyl (C=O) groups excluding carboxylic acids is 1. The molecule has 1 aromatic heterocycles. The molecule has 1 saturated heterocycles. The molecular formula is C18H19F4N3O3. The zero-order valence-corrected chi connectivity index (χ0v) is 15.1. The molecule has 0 radical (unpaired) electrons. The van der Waals surface area contributed by atoms with Gasteiger partial charge in [-0.1, -0.05) is 12.1 Å². The maximum absolute atomic E-state index is 14.2. The predicted molar refractivity (Wildman–Crippen MR) is 89.4 cm³/mol. The van der Waals surface area contributed by atoms with Crippen LogP contribution in [0.15, 0.2) is 22.7 Å². The predicted octanol–water partition coefficient (Wildman–Crippen LogP) is 3.44. The minimum Gasteiger partial charge on any atom is -0.462 e. The Morgan fingerprint density at radius 2 is 2.07 bits per heavy atom. The van der Waals surface area contributed by atoms with Crippen molar-refractivity contribution in [3.05, 3.63) is 41.0 Å². The van der Waals surface area contributed by atoms with Gasteiger partial charge in [0.2, 0.25) is 12.3 Å². The number of piperidine rings is 1. The number of nitrogens with zero attached hydrogens (tertiary/aromatic N) is 3. The summed E-state index contributed by atoms with van der Waals surface area (Å²) in [5.41, 5.74) is 0.110. The molecule has 0 N–H and O–H groups in total. The first-order valence-electron chi connectivity index (χ1n) is 8.80. The van der Waals surface area contributed by atoms with Gasteiger partial charge in [0.1, 0.15) is 5.82 Å². The average Bonchev–Trinajstić information content (AvgIpc) is 3.11. The van der Waals surface area contributed by atoms with Crippen LogP contribution in [0.5, 0.6) is 6.01 Å². The molecule has 6 nitrogen and oxygen atoms in total. The van der Waals surface area contributed by atoms with E-state index in [1.54, 1.807) is 6.92 Å². The molecule has 2 atom stereocenters. The number of hydrogen-bond acceptors (Lipinski definition) is 5. The van der Waals surface area contributed by atoms with E-state index in [4.69, 9.17) is 9.26 Å². The van der Waals surface area contributed by atoms with Gasteiger partial charge in [-0.25, -0.2) is 4.39 Å². The Morgan fingerprint density at radius 3 is 2.71 bits per heavy atom. The molecule has 0 bridgehead atoms. The van der Waals surface area contributed by atoms with Gasteiger partial charge in [0.15, 0.2) is 0 Å². The Morgan fingerprint density at radius 1 is 1.32 bits per heavy atom. The van der Waals surface area contributed by atoms with Gasteiger partial charge in [0.25, 0.3) is 0 Å². The summed E-state index contributed by atoms with van der Waals surface area (Å²) in [7, 11) is 0. The number of carbonyl (C=O) groups is 1. The van der Waals surface area contributed by atoms with E-state index in [0.29, 0.717) is 44.0 Å². The highest BCUT2D eigenvalue weighted by molar-refractivity contribution is 5.48. The average molecular weight is 401 g/mol. The highest BCUT2D eigenvalue weighted by Crippen LogP contribution is 2.36. The molecule has 0 spiro atoms. The normalized spacial score (nSPS) is 20.2. The number of aromatic nitrogens is 2. The van der Waals surface area contributed by atoms with Gasteiger partial charge in [-0.05, 0) is 35.7 Å². The van der Waals surface area contributed by atoms with Gasteiger partial charge >= 0.3 is 12.2 Å². The molecule has 1 aromatic carbocycles. The van der Waals surface area contributed by atoms with Gasteiger partial charge < -0.3 is 14.2 Å². The van der Waals surface area contributed by atoms with Crippen molar-refractivity contribution in [2.75, 3.05) is 19.7 Å². The van der Waals surface area contributed by atoms with E-state index in [2.05, 4.69) is 10.1 Å². The number of ether oxygens (including phenoxy) is 1. The lowest BCUT2D eigenvalue weighted by atomic mass is 9.84. The minimum absolute atomic E-state index is 0.0971. The first-order chi connectivity index (χ1) is 13.3. The summed E-state index contributed by atoms with van der Waals surface area (Å²) in [6.45, 7) is 2.82. The van der Waals surface area contributed by atoms with Gasteiger partial charge in [-0.2, -0.15) is 18.2 Å². The van der Waals surface area contributed by atoms with Crippen LogP contribution >= 0.6 is 0 Å². The summed E-state index contributed by atoms with van der Waals surface area (Å²) >= 11 is 0. The Bertz CT molecular complexity index is 825. The van der Waals surface area contributed by atoms with Gasteiger partial charge in [-0.15, -0.1) is 0 Å². The second-order valence-electron chi connectivity index (χ2n) is 6.68. The van der Waals surface area contributed by atoms with E-state index in [9.17, 15) is 22.4 Å². The number of benzene rings is 1. The Kier molecular flexibility index (Phi) is 5.85. The Balaban J connectivity index is 1.80. The highest BCUT2D eigenvalue weighted by Gasteiger charge is 2.33. The second kappa shape index (κ2) is 8.15. The number of likely N-dealkylation sites (tertiary alicyclic amines) is 1. The van der Waals surface area contributed by atoms with Crippen molar-refractivity contribution in [3.63, 3.8) is 0 Å². The van der Waals surface area contributed by atoms with Crippen LogP contribution in [-0.4, -0.2) is 47.3 Å². The zero-order valence-electron chi connectivity index (χ0n) is 15.1. The molecule has 2 unspecified atom stereocenters. The summed E-state index contributed by atoms with van der Waals surface area (Å²) in [6, 6.07) is 3.82. The lowest BCUT2D eigenvalue weighted by molar-refractivity contribution is -0.127. The molecule has 1 fully saturated rings. The van der Waals surface area contributed by atoms with E-state index >= 15 is 0 Å². The first-order valence-corrected chi connectivity index (χ1v) is 8.80. The van der Waals surface area contributed by atoms with Crippen LogP contribution in [0.3, 0.4) is 0 Å². The van der Waals surface area contributed by atoms with Crippen molar-refractivity contribution in [2.45, 2.75) is 37.8 Å². The molecule has 2 heterocycles. The second-order valence-corrected chi connectivity index (χ2v) is 6.68. The molecule has 2 aromatic rings. The van der Waals surface area contributed by atoms with Crippen molar-refractivity contribution in [3.8, 4) is 6.01 Å². The van der Waals surface area contributed by atoms with E-state index in [0.717, 1.165) is 12.1 Å². The third-order valence-corrected chi connectivity index (χ3v) is 4.61. The summed E-state index contributed by atoms with van der Waals surface area (Å²) < 4.78 is 62.1. The molecule has 152 valence electrons. The molecule has 1 amide bonds. The summed E-state index contributed by atoms with van der Waals surface area (Å²) in [5, 5.41) is 3.71. The van der Waals surface area contributed by atoms with Crippen molar-refractivity contribution in [1.82, 2.24) is 15.0 Å². The van der Waals surface area contributed by atoms with Crippen LogP contribution in [0.4, 0.5) is 17.6 Å². The minimum atomic E-state index is -4.48. The number of halogens is 4. The largest absolute Gasteiger partial charge is 0.462 e. The number of hydrogen-bond donors (Lipinski definition) is 0. The monoisotopic (exact) mass is 401 g/mol. The number of amides is 1. The van der Waals surface area contributed by atoms with E-state index in [1.165, 1.54) is 11.0 Å². The summed E-state index contributed by atoms with van der Waals surface area (Å²) in [6.07, 6.45) is -4.65. The SMILES string of the molecule is CCOc1noc(C2CC(c3ccc(CC(F)(F)F)c(F)c3)CN(C=O)C2)n1. The van der Waals surface area contributed by atoms with Gasteiger partial charge in [0.05, 0.1) is 18.9 Å². The van der Waals surface area contributed by atoms with Crippen LogP contribution in [0.1, 0.15) is 42.2 Å². The molecule has 3 rings (SSSR count). The fourth-order valence-electron chi connectivity index (χ4n) is 3.39. The standard InChI is InChI=1S/C18H19F4N3O3/c1-2-27-17-23-16(28-24-17)14-5-13(8-25(9-14)10-26)11-3-4-12(15(19)6-11)7-18(20,21)22/h3-4,6,10,13-14H,2,5,7-9H2,1H3. The number of alkyl halides is 3. The fraction of sp³-hybridized carbons (Fsp3) is 0.500. The van der Waals surface area contributed by atoms with Crippen molar-refractivity contribution >= 4 is 6.41 Å². The maximum atomic E-state index is 14.2. The quantitative estimate of drug-likeness (QED) is 0.548. The van der Waals surface area contributed by atoms with Crippen molar-refractivity contribution in [2.24, 2.45) is 0 Å². The molecule has 0 aliphatic carbocycles. The van der Waals surface area contributed by atoms with E-state index < -0.39 is 24.0 Å². The maximum Gasteiger partial charge on any atom is 0.393 e. The van der Waals surface area contributed by atoms with Gasteiger partial charge in [-0.3, -0.25) is 4.79 Å². The Hall–Kier alpha value is -2.65. The Labute approximate surface area is 158 Å². The topological polar surface area (TPSA) is 68.5 Å². The smallest absolute Gasteiger partial charge is 0.393 e. The van der Waals surface area contributed by atoms with Gasteiger partial charge in [0, 0.05) is 19.0 Å². The molecule has 0 saturated carbocycles. The first kappa shape index (κ1) is 20.1. The lowest BCUT2D eigenvalue weighted by Crippen LogP contribution is -2.37. The van der Waals surface area contributed by atoms with E-state index in [1.807, 2.05) is 0 Å². The van der Waals surface area contributed by atoms with Crippen LogP contribution in [0.25, 0.3) is 0 Å². The third-order valence-electron chi connectivity index (χ3n) is 4.61. The number of rotatable bonds is 6. The van der Waals surface area contributed by atoms with E-state index in [-0.39, 0.29) is 17.8 Å². The third kappa shape index (κ3) is 4.79. The highest BCUT2D eigenvalue weighted by atomic mass is 19.4. The van der Waals surface area contributed by atoms with Crippen LogP contribution in [0, 0.1) is 5.82 Å². The van der Waals surface area contributed by atoms with Crippen LogP contribution in [0.2, 0.25) is 0 Å². The van der Waals surface area contributed by atoms with Crippen LogP contribution in [-0.2, 0) is 11.2 Å². The fourth-order valence-corrected chi connectivity index (χ4v) is 3.39. The lowest BCUT2D eigenvalue weighted by Gasteiger charge is -2.34. The van der Waals surface area contributed by atoms with Crippen molar-refractivity contribution < 1.29 is 31.6 Å². The molecule has 28 heavy (non-hydrogen) atoms.